The standard InChI is InChI=1S/C31H22ClN5OS/c32-24-16-14-21(15-17-24)30-35-36-31(37(30)25-10-2-1-3-11-25)39-20-29(38)34-33-19-28-26-12-6-4-8-22(26)18-23-9-5-7-13-27(23)28/h1-19H,20H2,(H,34,38). The van der Waals surface area contributed by atoms with Crippen molar-refractivity contribution < 1.29 is 4.79 Å². The van der Waals surface area contributed by atoms with Crippen LogP contribution in [0.2, 0.25) is 5.02 Å². The second-order valence-corrected chi connectivity index (χ2v) is 10.2. The number of thioether (sulfide) groups is 1. The molecule has 0 atom stereocenters. The maximum Gasteiger partial charge on any atom is 0.250 e. The molecule has 0 aliphatic heterocycles. The minimum Gasteiger partial charge on any atom is -0.272 e. The molecule has 0 fully saturated rings. The lowest BCUT2D eigenvalue weighted by Crippen LogP contribution is -2.20. The van der Waals surface area contributed by atoms with Gasteiger partial charge in [0.1, 0.15) is 0 Å². The molecule has 1 amide bonds. The number of aromatic nitrogens is 3. The fraction of sp³-hybridized carbons (Fsp3) is 0.0323. The fourth-order valence-electron chi connectivity index (χ4n) is 4.48. The molecule has 8 heteroatoms. The lowest BCUT2D eigenvalue weighted by Gasteiger charge is -2.10. The van der Waals surface area contributed by atoms with Crippen molar-refractivity contribution in [3.8, 4) is 17.1 Å². The number of rotatable bonds is 7. The molecule has 190 valence electrons. The monoisotopic (exact) mass is 547 g/mol. The van der Waals surface area contributed by atoms with Gasteiger partial charge >= 0.3 is 0 Å². The van der Waals surface area contributed by atoms with Gasteiger partial charge in [-0.05, 0) is 64.0 Å². The first-order chi connectivity index (χ1) is 19.2. The van der Waals surface area contributed by atoms with Crippen LogP contribution >= 0.6 is 23.4 Å². The van der Waals surface area contributed by atoms with E-state index in [0.29, 0.717) is 16.0 Å². The number of carbonyl (C=O) groups is 1. The highest BCUT2D eigenvalue weighted by atomic mass is 35.5. The second kappa shape index (κ2) is 11.1. The van der Waals surface area contributed by atoms with Crippen LogP contribution in [0.4, 0.5) is 0 Å². The molecule has 0 saturated carbocycles. The Balaban J connectivity index is 1.22. The van der Waals surface area contributed by atoms with Crippen LogP contribution < -0.4 is 5.43 Å². The summed E-state index contributed by atoms with van der Waals surface area (Å²) in [5.41, 5.74) is 5.41. The number of nitrogens with one attached hydrogen (secondary N) is 1. The van der Waals surface area contributed by atoms with E-state index >= 15 is 0 Å². The Morgan fingerprint density at radius 1 is 0.846 bits per heavy atom. The third kappa shape index (κ3) is 5.27. The van der Waals surface area contributed by atoms with Gasteiger partial charge in [0.05, 0.1) is 12.0 Å². The van der Waals surface area contributed by atoms with Crippen molar-refractivity contribution in [3.63, 3.8) is 0 Å². The highest BCUT2D eigenvalue weighted by Crippen LogP contribution is 2.29. The number of amides is 1. The Hall–Kier alpha value is -4.46. The van der Waals surface area contributed by atoms with E-state index in [9.17, 15) is 4.79 Å². The fourth-order valence-corrected chi connectivity index (χ4v) is 5.35. The summed E-state index contributed by atoms with van der Waals surface area (Å²) < 4.78 is 1.94. The van der Waals surface area contributed by atoms with Crippen molar-refractivity contribution in [1.82, 2.24) is 20.2 Å². The van der Waals surface area contributed by atoms with Crippen molar-refractivity contribution in [2.45, 2.75) is 5.16 Å². The van der Waals surface area contributed by atoms with Gasteiger partial charge in [0.25, 0.3) is 5.91 Å². The molecular weight excluding hydrogens is 526 g/mol. The summed E-state index contributed by atoms with van der Waals surface area (Å²) in [6, 6.07) is 35.7. The third-order valence-corrected chi connectivity index (χ3v) is 7.46. The van der Waals surface area contributed by atoms with Crippen LogP contribution in [0, 0.1) is 0 Å². The molecule has 5 aromatic carbocycles. The molecule has 0 radical (unpaired) electrons. The maximum absolute atomic E-state index is 12.8. The van der Waals surface area contributed by atoms with Crippen molar-refractivity contribution in [3.05, 3.63) is 120 Å². The number of nitrogens with zero attached hydrogens (tertiary/aromatic N) is 4. The Morgan fingerprint density at radius 2 is 1.49 bits per heavy atom. The molecular formula is C31H22ClN5OS. The van der Waals surface area contributed by atoms with Crippen molar-refractivity contribution >= 4 is 57.0 Å². The van der Waals surface area contributed by atoms with Crippen molar-refractivity contribution in [2.75, 3.05) is 5.75 Å². The zero-order valence-electron chi connectivity index (χ0n) is 20.7. The van der Waals surface area contributed by atoms with E-state index in [-0.39, 0.29) is 11.7 Å². The molecule has 0 aliphatic carbocycles. The molecule has 6 nitrogen and oxygen atoms in total. The van der Waals surface area contributed by atoms with Gasteiger partial charge in [-0.25, -0.2) is 5.43 Å². The number of hydrogen-bond acceptors (Lipinski definition) is 5. The van der Waals surface area contributed by atoms with Gasteiger partial charge in [0.15, 0.2) is 11.0 Å². The topological polar surface area (TPSA) is 72.2 Å². The predicted octanol–water partition coefficient (Wildman–Crippen LogP) is 7.14. The number of hydrazone groups is 1. The van der Waals surface area contributed by atoms with E-state index in [1.165, 1.54) is 11.8 Å². The number of hydrogen-bond donors (Lipinski definition) is 1. The Kier molecular flexibility index (Phi) is 7.08. The van der Waals surface area contributed by atoms with Crippen LogP contribution in [0.25, 0.3) is 38.6 Å². The van der Waals surface area contributed by atoms with E-state index in [1.807, 2.05) is 83.4 Å². The lowest BCUT2D eigenvalue weighted by atomic mass is 9.97. The van der Waals surface area contributed by atoms with Gasteiger partial charge in [-0.1, -0.05) is 90.1 Å². The molecule has 1 heterocycles. The third-order valence-electron chi connectivity index (χ3n) is 6.28. The molecule has 6 rings (SSSR count). The zero-order chi connectivity index (χ0) is 26.6. The molecule has 39 heavy (non-hydrogen) atoms. The highest BCUT2D eigenvalue weighted by Gasteiger charge is 2.17. The largest absolute Gasteiger partial charge is 0.272 e. The van der Waals surface area contributed by atoms with Crippen LogP contribution in [0.15, 0.2) is 119 Å². The van der Waals surface area contributed by atoms with Gasteiger partial charge in [-0.2, -0.15) is 5.10 Å². The Labute approximate surface area is 234 Å². The molecule has 1 N–H and O–H groups in total. The summed E-state index contributed by atoms with van der Waals surface area (Å²) in [6.45, 7) is 0. The first-order valence-corrected chi connectivity index (χ1v) is 13.7. The Morgan fingerprint density at radius 3 is 2.18 bits per heavy atom. The normalized spacial score (nSPS) is 11.4. The van der Waals surface area contributed by atoms with Gasteiger partial charge in [0, 0.05) is 21.8 Å². The molecule has 0 spiro atoms. The number of carbonyl (C=O) groups excluding carboxylic acids is 1. The predicted molar refractivity (Wildman–Crippen MR) is 160 cm³/mol. The molecule has 0 saturated heterocycles. The molecule has 0 aliphatic rings. The number of para-hydroxylation sites is 1. The zero-order valence-corrected chi connectivity index (χ0v) is 22.2. The first kappa shape index (κ1) is 24.9. The summed E-state index contributed by atoms with van der Waals surface area (Å²) in [7, 11) is 0. The van der Waals surface area contributed by atoms with E-state index in [4.69, 9.17) is 11.6 Å². The molecule has 0 unspecified atom stereocenters. The van der Waals surface area contributed by atoms with Gasteiger partial charge < -0.3 is 0 Å². The summed E-state index contributed by atoms with van der Waals surface area (Å²) in [5, 5.41) is 18.8. The number of halogens is 1. The average molecular weight is 548 g/mol. The van der Waals surface area contributed by atoms with Gasteiger partial charge in [0.2, 0.25) is 0 Å². The van der Waals surface area contributed by atoms with Crippen LogP contribution in [0.1, 0.15) is 5.56 Å². The van der Waals surface area contributed by atoms with E-state index in [2.05, 4.69) is 51.1 Å². The van der Waals surface area contributed by atoms with E-state index in [1.54, 1.807) is 6.21 Å². The lowest BCUT2D eigenvalue weighted by molar-refractivity contribution is -0.118. The molecule has 1 aromatic heterocycles. The van der Waals surface area contributed by atoms with Crippen LogP contribution in [-0.4, -0.2) is 32.6 Å². The van der Waals surface area contributed by atoms with Crippen LogP contribution in [0.3, 0.4) is 0 Å². The summed E-state index contributed by atoms with van der Waals surface area (Å²) in [5.74, 6) is 0.553. The SMILES string of the molecule is O=C(CSc1nnc(-c2ccc(Cl)cc2)n1-c1ccccc1)NN=Cc1c2ccccc2cc2ccccc12. The van der Waals surface area contributed by atoms with E-state index in [0.717, 1.165) is 38.4 Å². The van der Waals surface area contributed by atoms with Gasteiger partial charge in [-0.3, -0.25) is 9.36 Å². The minimum atomic E-state index is -0.239. The Bertz CT molecular complexity index is 1760. The smallest absolute Gasteiger partial charge is 0.250 e. The summed E-state index contributed by atoms with van der Waals surface area (Å²) in [4.78, 5) is 12.8. The minimum absolute atomic E-state index is 0.124. The second-order valence-electron chi connectivity index (χ2n) is 8.80. The maximum atomic E-state index is 12.8. The van der Waals surface area contributed by atoms with Crippen LogP contribution in [0.5, 0.6) is 0 Å². The summed E-state index contributed by atoms with van der Waals surface area (Å²) >= 11 is 7.38. The molecule has 0 bridgehead atoms. The first-order valence-electron chi connectivity index (χ1n) is 12.3. The summed E-state index contributed by atoms with van der Waals surface area (Å²) in [6.07, 6.45) is 1.72. The van der Waals surface area contributed by atoms with Crippen molar-refractivity contribution in [2.24, 2.45) is 5.10 Å². The highest BCUT2D eigenvalue weighted by molar-refractivity contribution is 7.99. The van der Waals surface area contributed by atoms with E-state index < -0.39 is 0 Å². The number of fused-ring (bicyclic) bond motifs is 2. The van der Waals surface area contributed by atoms with Crippen LogP contribution in [-0.2, 0) is 4.79 Å². The molecule has 6 aromatic rings. The average Bonchev–Trinajstić information content (AvgIpc) is 3.40. The quantitative estimate of drug-likeness (QED) is 0.0998. The van der Waals surface area contributed by atoms with Crippen molar-refractivity contribution in [1.29, 1.82) is 0 Å². The van der Waals surface area contributed by atoms with Gasteiger partial charge in [-0.15, -0.1) is 10.2 Å². The number of benzene rings is 5.